The largest absolute Gasteiger partial charge is 0.492 e. The molecule has 1 saturated heterocycles. The molecule has 8 nitrogen and oxygen atoms in total. The maximum absolute atomic E-state index is 11.8. The number of para-hydroxylation sites is 1. The number of benzene rings is 1. The molecule has 0 unspecified atom stereocenters. The summed E-state index contributed by atoms with van der Waals surface area (Å²) in [5.41, 5.74) is 1.95. The zero-order valence-electron chi connectivity index (χ0n) is 18.3. The van der Waals surface area contributed by atoms with E-state index in [1.165, 1.54) is 6.07 Å². The van der Waals surface area contributed by atoms with E-state index in [1.807, 2.05) is 35.6 Å². The maximum atomic E-state index is 11.8. The Morgan fingerprint density at radius 1 is 1.25 bits per heavy atom. The number of quaternary nitrogens is 1. The number of carbonyl (C=O) groups is 1. The van der Waals surface area contributed by atoms with Gasteiger partial charge in [-0.25, -0.2) is 4.79 Å². The second-order valence-electron chi connectivity index (χ2n) is 8.32. The highest BCUT2D eigenvalue weighted by molar-refractivity contribution is 6.06. The Kier molecular flexibility index (Phi) is 7.47. The van der Waals surface area contributed by atoms with Gasteiger partial charge in [-0.2, -0.15) is 4.98 Å². The molecule has 2 fully saturated rings. The molecular formula is C24H31N4O4+. The van der Waals surface area contributed by atoms with Crippen LogP contribution in [0.5, 0.6) is 5.75 Å². The van der Waals surface area contributed by atoms with Gasteiger partial charge in [0.1, 0.15) is 17.0 Å². The van der Waals surface area contributed by atoms with Crippen molar-refractivity contribution in [1.82, 2.24) is 9.88 Å². The summed E-state index contributed by atoms with van der Waals surface area (Å²) < 4.78 is 11.5. The van der Waals surface area contributed by atoms with Gasteiger partial charge < -0.3 is 20.0 Å². The summed E-state index contributed by atoms with van der Waals surface area (Å²) in [6.45, 7) is 4.72. The number of carboxylic acids is 1. The van der Waals surface area contributed by atoms with Crippen molar-refractivity contribution in [2.24, 2.45) is 5.92 Å². The fourth-order valence-corrected chi connectivity index (χ4v) is 4.04. The van der Waals surface area contributed by atoms with Crippen molar-refractivity contribution in [2.75, 3.05) is 39.5 Å². The van der Waals surface area contributed by atoms with E-state index in [0.29, 0.717) is 29.4 Å². The van der Waals surface area contributed by atoms with E-state index in [-0.39, 0.29) is 11.6 Å². The summed E-state index contributed by atoms with van der Waals surface area (Å²) in [7, 11) is 0. The first-order valence-electron chi connectivity index (χ1n) is 11.3. The lowest BCUT2D eigenvalue weighted by molar-refractivity contribution is -0.483. The van der Waals surface area contributed by atoms with E-state index in [9.17, 15) is 9.90 Å². The average molecular weight is 440 g/mol. The van der Waals surface area contributed by atoms with E-state index in [0.717, 1.165) is 64.2 Å². The van der Waals surface area contributed by atoms with Crippen LogP contribution >= 0.6 is 0 Å². The number of nitrogens with zero attached hydrogens (tertiary/aromatic N) is 2. The highest BCUT2D eigenvalue weighted by Crippen LogP contribution is 2.35. The Bertz CT molecular complexity index is 941. The van der Waals surface area contributed by atoms with Gasteiger partial charge in [-0.15, -0.1) is 0 Å². The van der Waals surface area contributed by atoms with Crippen molar-refractivity contribution in [3.8, 4) is 5.75 Å². The Hall–Kier alpha value is -2.81. The SMILES string of the molecule is N=C(c1c(OCCCN2CCOCC2)cc(C(=O)O)nc1[NH2+]c1ccccc1)C1CCC1. The van der Waals surface area contributed by atoms with Crippen LogP contribution in [-0.2, 0) is 4.74 Å². The molecular weight excluding hydrogens is 408 g/mol. The van der Waals surface area contributed by atoms with E-state index < -0.39 is 5.97 Å². The third-order valence-electron chi connectivity index (χ3n) is 6.10. The Balaban J connectivity index is 1.58. The highest BCUT2D eigenvalue weighted by atomic mass is 16.5. The summed E-state index contributed by atoms with van der Waals surface area (Å²) >= 11 is 0. The first-order chi connectivity index (χ1) is 15.6. The number of rotatable bonds is 10. The lowest BCUT2D eigenvalue weighted by atomic mass is 9.79. The van der Waals surface area contributed by atoms with Crippen LogP contribution in [0.15, 0.2) is 36.4 Å². The van der Waals surface area contributed by atoms with Crippen molar-refractivity contribution in [3.05, 3.63) is 47.7 Å². The highest BCUT2D eigenvalue weighted by Gasteiger charge is 2.31. The van der Waals surface area contributed by atoms with Crippen LogP contribution in [0.25, 0.3) is 0 Å². The van der Waals surface area contributed by atoms with Crippen LogP contribution in [0.2, 0.25) is 0 Å². The molecule has 32 heavy (non-hydrogen) atoms. The number of pyridine rings is 1. The number of carboxylic acid groups (broad SMARTS) is 1. The minimum Gasteiger partial charge on any atom is -0.492 e. The van der Waals surface area contributed by atoms with Crippen molar-refractivity contribution >= 4 is 23.2 Å². The lowest BCUT2D eigenvalue weighted by Gasteiger charge is -2.28. The van der Waals surface area contributed by atoms with Gasteiger partial charge in [-0.05, 0) is 31.4 Å². The van der Waals surface area contributed by atoms with Crippen molar-refractivity contribution in [2.45, 2.75) is 25.7 Å². The van der Waals surface area contributed by atoms with Gasteiger partial charge in [0.15, 0.2) is 5.69 Å². The molecule has 1 aliphatic carbocycles. The van der Waals surface area contributed by atoms with Gasteiger partial charge in [-0.1, -0.05) is 24.6 Å². The van der Waals surface area contributed by atoms with Crippen LogP contribution < -0.4 is 10.1 Å². The van der Waals surface area contributed by atoms with E-state index in [1.54, 1.807) is 0 Å². The predicted octanol–water partition coefficient (Wildman–Crippen LogP) is 2.58. The maximum Gasteiger partial charge on any atom is 0.354 e. The van der Waals surface area contributed by atoms with Gasteiger partial charge in [0, 0.05) is 31.6 Å². The summed E-state index contributed by atoms with van der Waals surface area (Å²) in [6.07, 6.45) is 3.88. The average Bonchev–Trinajstić information content (AvgIpc) is 2.76. The molecule has 2 aromatic rings. The molecule has 1 aromatic carbocycles. The quantitative estimate of drug-likeness (QED) is 0.298. The summed E-state index contributed by atoms with van der Waals surface area (Å²) in [4.78, 5) is 18.5. The number of aromatic nitrogens is 1. The topological polar surface area (TPSA) is 112 Å². The minimum atomic E-state index is -1.10. The van der Waals surface area contributed by atoms with E-state index in [2.05, 4.69) is 9.88 Å². The van der Waals surface area contributed by atoms with Crippen molar-refractivity contribution in [1.29, 1.82) is 5.41 Å². The van der Waals surface area contributed by atoms with Crippen LogP contribution in [-0.4, -0.2) is 66.1 Å². The molecule has 1 saturated carbocycles. The number of hydrogen-bond donors (Lipinski definition) is 3. The number of hydrogen-bond acceptors (Lipinski definition) is 6. The minimum absolute atomic E-state index is 0.0690. The van der Waals surface area contributed by atoms with Crippen LogP contribution in [0.1, 0.15) is 41.7 Å². The summed E-state index contributed by atoms with van der Waals surface area (Å²) in [5.74, 6) is -0.00616. The molecule has 1 aliphatic heterocycles. The first-order valence-corrected chi connectivity index (χ1v) is 11.3. The van der Waals surface area contributed by atoms with Crippen LogP contribution in [0.3, 0.4) is 0 Å². The fraction of sp³-hybridized carbons (Fsp3) is 0.458. The number of ether oxygens (including phenoxy) is 2. The van der Waals surface area contributed by atoms with E-state index >= 15 is 0 Å². The first kappa shape index (κ1) is 22.4. The zero-order valence-corrected chi connectivity index (χ0v) is 18.3. The van der Waals surface area contributed by atoms with Gasteiger partial charge >= 0.3 is 5.97 Å². The molecule has 0 radical (unpaired) electrons. The fourth-order valence-electron chi connectivity index (χ4n) is 4.04. The molecule has 170 valence electrons. The van der Waals surface area contributed by atoms with Crippen LogP contribution in [0.4, 0.5) is 11.5 Å². The summed E-state index contributed by atoms with van der Waals surface area (Å²) in [5, 5.41) is 20.3. The Labute approximate surface area is 188 Å². The third-order valence-corrected chi connectivity index (χ3v) is 6.10. The molecule has 8 heteroatoms. The predicted molar refractivity (Wildman–Crippen MR) is 120 cm³/mol. The number of nitrogens with two attached hydrogens (primary N) is 1. The Morgan fingerprint density at radius 3 is 2.66 bits per heavy atom. The molecule has 1 aromatic heterocycles. The summed E-state index contributed by atoms with van der Waals surface area (Å²) in [6, 6.07) is 11.1. The van der Waals surface area contributed by atoms with Gasteiger partial charge in [0.2, 0.25) is 5.82 Å². The molecule has 4 rings (SSSR count). The normalized spacial score (nSPS) is 17.0. The smallest absolute Gasteiger partial charge is 0.354 e. The third kappa shape index (κ3) is 5.51. The number of nitrogens with one attached hydrogen (secondary N) is 1. The number of aromatic carboxylic acids is 1. The Morgan fingerprint density at radius 2 is 2.00 bits per heavy atom. The molecule has 0 spiro atoms. The monoisotopic (exact) mass is 439 g/mol. The van der Waals surface area contributed by atoms with Gasteiger partial charge in [-0.3, -0.25) is 10.2 Å². The standard InChI is InChI=1S/C24H30N4O4/c25-22(17-6-4-7-17)21-20(32-13-5-10-28-11-14-31-15-12-28)16-19(24(29)30)27-23(21)26-18-8-2-1-3-9-18/h1-3,8-9,16-17,25H,4-7,10-15H2,(H,26,27)(H,29,30)/p+1. The van der Waals surface area contributed by atoms with Crippen LogP contribution in [0, 0.1) is 11.3 Å². The van der Waals surface area contributed by atoms with Gasteiger partial charge in [0.25, 0.3) is 0 Å². The zero-order chi connectivity index (χ0) is 22.3. The lowest BCUT2D eigenvalue weighted by Crippen LogP contribution is -2.72. The number of morpholine rings is 1. The molecule has 2 aliphatic rings. The molecule has 0 atom stereocenters. The molecule has 0 amide bonds. The second kappa shape index (κ2) is 10.7. The molecule has 0 bridgehead atoms. The van der Waals surface area contributed by atoms with E-state index in [4.69, 9.17) is 14.9 Å². The second-order valence-corrected chi connectivity index (χ2v) is 8.32. The molecule has 4 N–H and O–H groups in total. The molecule has 2 heterocycles. The van der Waals surface area contributed by atoms with Gasteiger partial charge in [0.05, 0.1) is 25.5 Å². The van der Waals surface area contributed by atoms with Crippen molar-refractivity contribution in [3.63, 3.8) is 0 Å². The van der Waals surface area contributed by atoms with Crippen molar-refractivity contribution < 1.29 is 24.7 Å².